The molecule has 0 spiro atoms. The molecule has 9 rings (SSSR count). The van der Waals surface area contributed by atoms with E-state index in [1.807, 2.05) is 24.3 Å². The molecule has 0 atom stereocenters. The first kappa shape index (κ1) is 12.5. The van der Waals surface area contributed by atoms with E-state index in [0.29, 0.717) is 10.5 Å². The average molecular weight is 586 g/mol. The third kappa shape index (κ3) is 3.86. The molecule has 0 N–H and O–H groups in total. The molecule has 0 bridgehead atoms. The first-order valence-electron chi connectivity index (χ1n) is 22.1. The lowest BCUT2D eigenvalue weighted by Gasteiger charge is -2.26. The molecule has 2 aromatic heterocycles. The summed E-state index contributed by atoms with van der Waals surface area (Å²) >= 11 is 1.53. The fraction of sp³-hybridized carbons (Fsp3) is 0. The van der Waals surface area contributed by atoms with Crippen LogP contribution in [0.3, 0.4) is 0 Å². The molecule has 0 saturated heterocycles. The second kappa shape index (κ2) is 9.59. The zero-order chi connectivity index (χ0) is 44.0. The Morgan fingerprint density at radius 2 is 1.35 bits per heavy atom. The van der Waals surface area contributed by atoms with Gasteiger partial charge in [0.25, 0.3) is 0 Å². The predicted octanol–water partition coefficient (Wildman–Crippen LogP) is 12.2. The van der Waals surface area contributed by atoms with Crippen molar-refractivity contribution in [3.05, 3.63) is 151 Å². The second-order valence-electron chi connectivity index (χ2n) is 9.58. The Bertz CT molecular complexity index is 3430. The standard InChI is InChI=1S/C40H25NOS/c1-2-10-29(11-3-1)41(35-14-8-15-36-39(35)33-23-19-27-9-4-5-12-31(27)40(33)42-36)30-21-17-26(18-22-30)28-20-24-38-34(25-28)32-13-6-7-16-37(32)43-38/h1-25H/i1D,2D,3D,4D,5D,8D,9D,10D,11D,12D,14D,15D,17D,18D,19D,21D,22D,23D. The van der Waals surface area contributed by atoms with Crippen LogP contribution >= 0.6 is 11.3 Å². The molecule has 3 heteroatoms. The minimum atomic E-state index is -0.921. The van der Waals surface area contributed by atoms with Gasteiger partial charge in [-0.3, -0.25) is 0 Å². The third-order valence-electron chi connectivity index (χ3n) is 7.16. The van der Waals surface area contributed by atoms with Gasteiger partial charge in [0.2, 0.25) is 0 Å². The van der Waals surface area contributed by atoms with Crippen molar-refractivity contribution in [2.24, 2.45) is 0 Å². The zero-order valence-electron chi connectivity index (χ0n) is 39.8. The van der Waals surface area contributed by atoms with Crippen LogP contribution in [0.25, 0.3) is 64.0 Å². The Labute approximate surface area is 277 Å². The number of rotatable bonds is 4. The number of hydrogen-bond acceptors (Lipinski definition) is 3. The summed E-state index contributed by atoms with van der Waals surface area (Å²) in [6.07, 6.45) is 0. The van der Waals surface area contributed by atoms with Crippen molar-refractivity contribution in [1.29, 1.82) is 0 Å². The molecule has 0 radical (unpaired) electrons. The van der Waals surface area contributed by atoms with Crippen LogP contribution in [0.4, 0.5) is 17.1 Å². The minimum Gasteiger partial charge on any atom is -0.455 e. The molecule has 0 unspecified atom stereocenters. The molecule has 7 aromatic carbocycles. The summed E-state index contributed by atoms with van der Waals surface area (Å²) in [5.74, 6) is 0. The summed E-state index contributed by atoms with van der Waals surface area (Å²) < 4.78 is 168. The summed E-state index contributed by atoms with van der Waals surface area (Å²) in [5, 5.41) is 0.0362. The molecule has 2 nitrogen and oxygen atoms in total. The number of nitrogens with zero attached hydrogens (tertiary/aromatic N) is 1. The highest BCUT2D eigenvalue weighted by molar-refractivity contribution is 7.25. The van der Waals surface area contributed by atoms with Crippen LogP contribution in [0.15, 0.2) is 156 Å². The van der Waals surface area contributed by atoms with Crippen molar-refractivity contribution < 1.29 is 29.1 Å². The van der Waals surface area contributed by atoms with E-state index in [4.69, 9.17) is 20.9 Å². The van der Waals surface area contributed by atoms with Gasteiger partial charge in [-0.2, -0.15) is 0 Å². The monoisotopic (exact) mass is 585 g/mol. The Balaban J connectivity index is 1.47. The number of hydrogen-bond donors (Lipinski definition) is 0. The number of thiophene rings is 1. The van der Waals surface area contributed by atoms with Crippen LogP contribution in [0, 0.1) is 0 Å². The van der Waals surface area contributed by atoms with Crippen molar-refractivity contribution in [3.63, 3.8) is 0 Å². The highest BCUT2D eigenvalue weighted by Crippen LogP contribution is 2.44. The van der Waals surface area contributed by atoms with E-state index >= 15 is 0 Å². The Morgan fingerprint density at radius 3 is 2.26 bits per heavy atom. The largest absolute Gasteiger partial charge is 0.455 e. The maximum Gasteiger partial charge on any atom is 0.143 e. The van der Waals surface area contributed by atoms with Crippen LogP contribution in [0.1, 0.15) is 24.7 Å². The molecule has 2 heterocycles. The van der Waals surface area contributed by atoms with E-state index in [2.05, 4.69) is 0 Å². The topological polar surface area (TPSA) is 16.4 Å². The zero-order valence-corrected chi connectivity index (χ0v) is 22.6. The van der Waals surface area contributed by atoms with Crippen LogP contribution in [-0.2, 0) is 0 Å². The van der Waals surface area contributed by atoms with Crippen molar-refractivity contribution in [2.75, 3.05) is 4.90 Å². The number of fused-ring (bicyclic) bond motifs is 8. The van der Waals surface area contributed by atoms with Crippen LogP contribution in [-0.4, -0.2) is 0 Å². The maximum atomic E-state index is 9.48. The number of anilines is 3. The number of benzene rings is 7. The molecule has 202 valence electrons. The third-order valence-corrected chi connectivity index (χ3v) is 8.32. The van der Waals surface area contributed by atoms with Gasteiger partial charge in [-0.25, -0.2) is 0 Å². The van der Waals surface area contributed by atoms with Crippen LogP contribution in [0.5, 0.6) is 0 Å². The lowest BCUT2D eigenvalue weighted by molar-refractivity contribution is 0.672. The molecule has 9 aromatic rings. The molecule has 0 aliphatic heterocycles. The maximum absolute atomic E-state index is 9.48. The van der Waals surface area contributed by atoms with Crippen molar-refractivity contribution >= 4 is 81.3 Å². The highest BCUT2D eigenvalue weighted by atomic mass is 32.1. The molecular weight excluding hydrogens is 543 g/mol. The fourth-order valence-electron chi connectivity index (χ4n) is 5.25. The van der Waals surface area contributed by atoms with E-state index < -0.39 is 153 Å². The highest BCUT2D eigenvalue weighted by Gasteiger charge is 2.20. The van der Waals surface area contributed by atoms with Gasteiger partial charge in [0.05, 0.1) is 35.7 Å². The molecule has 0 fully saturated rings. The molecule has 0 aliphatic rings. The summed E-state index contributed by atoms with van der Waals surface area (Å²) in [7, 11) is 0. The summed E-state index contributed by atoms with van der Waals surface area (Å²) in [6.45, 7) is 0. The lowest BCUT2D eigenvalue weighted by atomic mass is 10.0. The van der Waals surface area contributed by atoms with Crippen molar-refractivity contribution in [3.8, 4) is 11.1 Å². The molecular formula is C40H25NOS. The summed E-state index contributed by atoms with van der Waals surface area (Å²) in [4.78, 5) is 0.699. The first-order chi connectivity index (χ1) is 28.8. The van der Waals surface area contributed by atoms with Gasteiger partial charge in [-0.05, 0) is 77.0 Å². The molecule has 43 heavy (non-hydrogen) atoms. The average Bonchev–Trinajstić information content (AvgIpc) is 3.82. The first-order valence-corrected chi connectivity index (χ1v) is 13.9. The molecule has 0 aliphatic carbocycles. The number of furan rings is 1. The Morgan fingerprint density at radius 1 is 0.558 bits per heavy atom. The van der Waals surface area contributed by atoms with Gasteiger partial charge in [0, 0.05) is 42.3 Å². The van der Waals surface area contributed by atoms with E-state index in [1.165, 1.54) is 11.3 Å². The fourth-order valence-corrected chi connectivity index (χ4v) is 6.34. The van der Waals surface area contributed by atoms with Crippen molar-refractivity contribution in [2.45, 2.75) is 0 Å². The lowest BCUT2D eigenvalue weighted by Crippen LogP contribution is -2.10. The van der Waals surface area contributed by atoms with E-state index in [1.54, 1.807) is 18.2 Å². The van der Waals surface area contributed by atoms with Gasteiger partial charge < -0.3 is 9.32 Å². The van der Waals surface area contributed by atoms with Gasteiger partial charge in [-0.1, -0.05) is 90.7 Å². The quantitative estimate of drug-likeness (QED) is 0.204. The summed E-state index contributed by atoms with van der Waals surface area (Å²) in [5.41, 5.74) is -3.06. The second-order valence-corrected chi connectivity index (χ2v) is 10.7. The van der Waals surface area contributed by atoms with Crippen LogP contribution in [0.2, 0.25) is 0 Å². The van der Waals surface area contributed by atoms with Gasteiger partial charge >= 0.3 is 0 Å². The molecule has 0 saturated carbocycles. The Hall–Kier alpha value is -5.38. The van der Waals surface area contributed by atoms with Crippen LogP contribution < -0.4 is 4.90 Å². The van der Waals surface area contributed by atoms with Crippen molar-refractivity contribution in [1.82, 2.24) is 0 Å². The van der Waals surface area contributed by atoms with E-state index in [9.17, 15) is 8.22 Å². The SMILES string of the molecule is [2H]c1c([2H])c([2H])c(N(c2c([2H])c([2H])c(-c3ccc4sc5ccccc5c4c3)c([2H])c2[2H])c2c([2H])c([2H])c([2H])c3oc4c5c([2H])c([2H])c([2H])c([2H])c5c([2H])c([2H])c4c23)c([2H])c1[2H]. The minimum absolute atomic E-state index is 0.141. The molecule has 0 amide bonds. The normalized spacial score (nSPS) is 17.6. The smallest absolute Gasteiger partial charge is 0.143 e. The predicted molar refractivity (Wildman–Crippen MR) is 184 cm³/mol. The Kier molecular flexibility index (Phi) is 2.78. The van der Waals surface area contributed by atoms with Gasteiger partial charge in [-0.15, -0.1) is 11.3 Å². The van der Waals surface area contributed by atoms with E-state index in [-0.39, 0.29) is 10.9 Å². The van der Waals surface area contributed by atoms with E-state index in [0.717, 1.165) is 20.2 Å². The number of para-hydroxylation sites is 1. The summed E-state index contributed by atoms with van der Waals surface area (Å²) in [6, 6.07) is -1.21. The van der Waals surface area contributed by atoms with Gasteiger partial charge in [0.15, 0.2) is 0 Å². The van der Waals surface area contributed by atoms with Gasteiger partial charge in [0.1, 0.15) is 11.2 Å².